The molecule has 8 aromatic carbocycles. The van der Waals surface area contributed by atoms with Crippen molar-refractivity contribution in [2.45, 2.75) is 18.8 Å². The van der Waals surface area contributed by atoms with Gasteiger partial charge in [-0.2, -0.15) is 0 Å². The van der Waals surface area contributed by atoms with Crippen LogP contribution in [0.25, 0.3) is 71.6 Å². The minimum atomic E-state index is 0.262. The highest BCUT2D eigenvalue weighted by molar-refractivity contribution is 6.11. The molecule has 50 heavy (non-hydrogen) atoms. The average molecular weight is 638 g/mol. The molecule has 1 nitrogen and oxygen atoms in total. The van der Waals surface area contributed by atoms with Crippen molar-refractivity contribution in [2.24, 2.45) is 0 Å². The Kier molecular flexibility index (Phi) is 6.60. The van der Waals surface area contributed by atoms with Crippen LogP contribution in [0.2, 0.25) is 0 Å². The molecule has 0 saturated carbocycles. The zero-order valence-corrected chi connectivity index (χ0v) is 27.9. The minimum Gasteiger partial charge on any atom is -0.309 e. The van der Waals surface area contributed by atoms with Gasteiger partial charge in [-0.3, -0.25) is 0 Å². The van der Waals surface area contributed by atoms with Crippen molar-refractivity contribution in [1.29, 1.82) is 0 Å². The fourth-order valence-corrected chi connectivity index (χ4v) is 8.73. The lowest BCUT2D eigenvalue weighted by Gasteiger charge is -2.35. The Labute approximate surface area is 292 Å². The molecule has 236 valence electrons. The second-order valence-corrected chi connectivity index (χ2v) is 13.7. The largest absolute Gasteiger partial charge is 0.309 e. The van der Waals surface area contributed by atoms with Gasteiger partial charge in [0.15, 0.2) is 0 Å². The van der Waals surface area contributed by atoms with E-state index < -0.39 is 0 Å². The van der Waals surface area contributed by atoms with E-state index in [4.69, 9.17) is 0 Å². The molecule has 0 radical (unpaired) electrons. The van der Waals surface area contributed by atoms with Gasteiger partial charge in [-0.15, -0.1) is 0 Å². The Morgan fingerprint density at radius 2 is 1.00 bits per heavy atom. The van der Waals surface area contributed by atoms with Gasteiger partial charge in [0.05, 0.1) is 16.7 Å². The molecular weight excluding hydrogens is 603 g/mol. The lowest BCUT2D eigenvalue weighted by Crippen LogP contribution is -2.17. The zero-order valence-electron chi connectivity index (χ0n) is 27.9. The van der Waals surface area contributed by atoms with Crippen LogP contribution in [-0.4, -0.2) is 4.57 Å². The maximum atomic E-state index is 2.44. The van der Waals surface area contributed by atoms with E-state index in [1.807, 2.05) is 0 Å². The first-order valence-corrected chi connectivity index (χ1v) is 17.6. The summed E-state index contributed by atoms with van der Waals surface area (Å²) in [5, 5.41) is 5.06. The van der Waals surface area contributed by atoms with Crippen LogP contribution >= 0.6 is 0 Å². The topological polar surface area (TPSA) is 4.93 Å². The van der Waals surface area contributed by atoms with Gasteiger partial charge in [-0.25, -0.2) is 0 Å². The molecular formula is C49H35N. The highest BCUT2D eigenvalue weighted by atomic mass is 15.0. The van der Waals surface area contributed by atoms with Crippen molar-refractivity contribution in [2.75, 3.05) is 0 Å². The fourth-order valence-electron chi connectivity index (χ4n) is 8.73. The van der Waals surface area contributed by atoms with Crippen LogP contribution in [0.15, 0.2) is 182 Å². The molecule has 2 unspecified atom stereocenters. The summed E-state index contributed by atoms with van der Waals surface area (Å²) < 4.78 is 2.44. The Morgan fingerprint density at radius 3 is 1.86 bits per heavy atom. The number of aromatic nitrogens is 1. The first-order chi connectivity index (χ1) is 24.7. The number of para-hydroxylation sites is 1. The van der Waals surface area contributed by atoms with Gasteiger partial charge in [-0.05, 0) is 91.7 Å². The molecule has 2 atom stereocenters. The van der Waals surface area contributed by atoms with Gasteiger partial charge in [0.1, 0.15) is 0 Å². The van der Waals surface area contributed by atoms with Crippen LogP contribution < -0.4 is 0 Å². The van der Waals surface area contributed by atoms with Crippen molar-refractivity contribution < 1.29 is 0 Å². The van der Waals surface area contributed by atoms with Gasteiger partial charge in [0.2, 0.25) is 0 Å². The van der Waals surface area contributed by atoms with E-state index >= 15 is 0 Å². The van der Waals surface area contributed by atoms with Crippen LogP contribution in [0.5, 0.6) is 0 Å². The molecule has 1 heterocycles. The molecule has 10 rings (SSSR count). The second-order valence-electron chi connectivity index (χ2n) is 13.7. The van der Waals surface area contributed by atoms with Gasteiger partial charge >= 0.3 is 0 Å². The van der Waals surface area contributed by atoms with Crippen LogP contribution in [-0.2, 0) is 0 Å². The van der Waals surface area contributed by atoms with Crippen molar-refractivity contribution in [3.63, 3.8) is 0 Å². The smallest absolute Gasteiger partial charge is 0.0541 e. The molecule has 0 spiro atoms. The lowest BCUT2D eigenvalue weighted by atomic mass is 9.68. The van der Waals surface area contributed by atoms with Crippen LogP contribution in [0.3, 0.4) is 0 Å². The summed E-state index contributed by atoms with van der Waals surface area (Å²) in [4.78, 5) is 0. The molecule has 0 amide bonds. The maximum absolute atomic E-state index is 2.44. The third-order valence-electron chi connectivity index (χ3n) is 11.0. The summed E-state index contributed by atoms with van der Waals surface area (Å²) in [6, 6.07) is 67.2. The summed E-state index contributed by atoms with van der Waals surface area (Å²) in [7, 11) is 0. The Morgan fingerprint density at radius 1 is 0.380 bits per heavy atom. The summed E-state index contributed by atoms with van der Waals surface area (Å²) >= 11 is 0. The van der Waals surface area contributed by atoms with Crippen molar-refractivity contribution in [3.05, 3.63) is 199 Å². The molecule has 1 aromatic heterocycles. The Bertz CT molecular complexity index is 2730. The third-order valence-corrected chi connectivity index (χ3v) is 11.0. The predicted molar refractivity (Wildman–Crippen MR) is 211 cm³/mol. The standard InChI is InChI=1S/C49H35N/c1-32-37-28-26-35(30-44(37)40-20-8-10-23-43(40)49(32)42-22-9-7-18-38(42)33-14-3-2-4-15-33)36-27-29-48-45(31-36)41-21-11-12-24-47(41)50(48)46-25-13-17-34-16-5-6-19-39(34)46/h2-32,49H,1H3. The van der Waals surface area contributed by atoms with Crippen molar-refractivity contribution in [3.8, 4) is 39.1 Å². The zero-order chi connectivity index (χ0) is 33.2. The van der Waals surface area contributed by atoms with E-state index in [9.17, 15) is 0 Å². The monoisotopic (exact) mass is 637 g/mol. The van der Waals surface area contributed by atoms with Gasteiger partial charge in [-0.1, -0.05) is 159 Å². The van der Waals surface area contributed by atoms with E-state index in [1.54, 1.807) is 0 Å². The normalized spacial score (nSPS) is 15.3. The number of benzene rings is 8. The number of rotatable bonds is 4. The van der Waals surface area contributed by atoms with Gasteiger partial charge < -0.3 is 4.57 Å². The number of fused-ring (bicyclic) bond motifs is 7. The molecule has 1 aliphatic carbocycles. The summed E-state index contributed by atoms with van der Waals surface area (Å²) in [5.41, 5.74) is 15.6. The third kappa shape index (κ3) is 4.40. The first kappa shape index (κ1) is 28.8. The van der Waals surface area contributed by atoms with Crippen molar-refractivity contribution >= 4 is 32.6 Å². The number of nitrogens with zero attached hydrogens (tertiary/aromatic N) is 1. The predicted octanol–water partition coefficient (Wildman–Crippen LogP) is 13.2. The lowest BCUT2D eigenvalue weighted by molar-refractivity contribution is 0.651. The SMILES string of the molecule is CC1c2ccc(-c3ccc4c(c3)c3ccccc3n4-c3cccc4ccccc34)cc2-c2ccccc2C1c1ccccc1-c1ccccc1. The van der Waals surface area contributed by atoms with Crippen LogP contribution in [0.4, 0.5) is 0 Å². The average Bonchev–Trinajstić information content (AvgIpc) is 3.51. The molecule has 0 fully saturated rings. The minimum absolute atomic E-state index is 0.262. The molecule has 9 aromatic rings. The Balaban J connectivity index is 1.12. The maximum Gasteiger partial charge on any atom is 0.0541 e. The number of hydrogen-bond acceptors (Lipinski definition) is 0. The summed E-state index contributed by atoms with van der Waals surface area (Å²) in [6.07, 6.45) is 0. The molecule has 0 bridgehead atoms. The molecule has 1 aliphatic rings. The Hall–Kier alpha value is -6.18. The van der Waals surface area contributed by atoms with Crippen LogP contribution in [0, 0.1) is 0 Å². The van der Waals surface area contributed by atoms with E-state index in [-0.39, 0.29) is 5.92 Å². The highest BCUT2D eigenvalue weighted by Crippen LogP contribution is 2.52. The summed E-state index contributed by atoms with van der Waals surface area (Å²) in [6.45, 7) is 2.41. The molecule has 0 N–H and O–H groups in total. The molecule has 0 aliphatic heterocycles. The van der Waals surface area contributed by atoms with E-state index in [0.29, 0.717) is 5.92 Å². The second kappa shape index (κ2) is 11.5. The van der Waals surface area contributed by atoms with Crippen molar-refractivity contribution in [1.82, 2.24) is 4.57 Å². The first-order valence-electron chi connectivity index (χ1n) is 17.6. The molecule has 0 saturated heterocycles. The fraction of sp³-hybridized carbons (Fsp3) is 0.0612. The van der Waals surface area contributed by atoms with Crippen LogP contribution in [0.1, 0.15) is 35.4 Å². The van der Waals surface area contributed by atoms with Gasteiger partial charge in [0, 0.05) is 22.1 Å². The van der Waals surface area contributed by atoms with E-state index in [1.165, 1.54) is 88.3 Å². The summed E-state index contributed by atoms with van der Waals surface area (Å²) in [5.74, 6) is 0.581. The quantitative estimate of drug-likeness (QED) is 0.181. The van der Waals surface area contributed by atoms with Gasteiger partial charge in [0.25, 0.3) is 0 Å². The van der Waals surface area contributed by atoms with E-state index in [2.05, 4.69) is 193 Å². The molecule has 1 heteroatoms. The highest BCUT2D eigenvalue weighted by Gasteiger charge is 2.33. The van der Waals surface area contributed by atoms with E-state index in [0.717, 1.165) is 0 Å². The number of hydrogen-bond donors (Lipinski definition) is 0.